The smallest absolute Gasteiger partial charge is 0.341 e. The Labute approximate surface area is 172 Å². The number of aryl methyl sites for hydroxylation is 2. The first-order valence-electron chi connectivity index (χ1n) is 9.48. The summed E-state index contributed by atoms with van der Waals surface area (Å²) >= 11 is 0. The summed E-state index contributed by atoms with van der Waals surface area (Å²) in [5.74, 6) is -0.568. The van der Waals surface area contributed by atoms with Crippen molar-refractivity contribution in [1.29, 1.82) is 0 Å². The number of nitrogens with zero attached hydrogens (tertiary/aromatic N) is 1. The molecule has 1 N–H and O–H groups in total. The van der Waals surface area contributed by atoms with Crippen LogP contribution in [0.1, 0.15) is 43.2 Å². The zero-order valence-corrected chi connectivity index (χ0v) is 18.2. The van der Waals surface area contributed by atoms with Gasteiger partial charge >= 0.3 is 5.97 Å². The molecular weight excluding hydrogens is 368 g/mol. The number of amides is 1. The zero-order valence-electron chi connectivity index (χ0n) is 18.2. The van der Waals surface area contributed by atoms with Gasteiger partial charge in [0, 0.05) is 30.1 Å². The van der Waals surface area contributed by atoms with E-state index in [1.807, 2.05) is 71.1 Å². The lowest BCUT2D eigenvalue weighted by Gasteiger charge is -2.32. The van der Waals surface area contributed by atoms with Crippen molar-refractivity contribution in [2.45, 2.75) is 46.3 Å². The van der Waals surface area contributed by atoms with Crippen molar-refractivity contribution in [2.75, 3.05) is 14.2 Å². The van der Waals surface area contributed by atoms with Crippen LogP contribution < -0.4 is 0 Å². The van der Waals surface area contributed by atoms with Gasteiger partial charge in [-0.3, -0.25) is 4.79 Å². The number of carbonyl (C=O) groups excluding carboxylic acids is 2. The molecule has 1 atom stereocenters. The third-order valence-corrected chi connectivity index (χ3v) is 4.49. The van der Waals surface area contributed by atoms with Gasteiger partial charge < -0.3 is 19.4 Å². The first-order chi connectivity index (χ1) is 13.6. The number of benzene rings is 1. The van der Waals surface area contributed by atoms with Crippen LogP contribution in [0.3, 0.4) is 0 Å². The normalized spacial score (nSPS) is 13.5. The van der Waals surface area contributed by atoms with E-state index < -0.39 is 17.7 Å². The third-order valence-electron chi connectivity index (χ3n) is 4.49. The predicted octanol–water partition coefficient (Wildman–Crippen LogP) is 3.84. The van der Waals surface area contributed by atoms with Crippen LogP contribution >= 0.6 is 0 Å². The van der Waals surface area contributed by atoms with E-state index in [4.69, 9.17) is 9.47 Å². The SMILES string of the molecule is COC(=O)C(OC(C)(C)C)/C(=C(\c1ccc(C)cc1)c1cc[nH]c1C)N(C)C=O. The van der Waals surface area contributed by atoms with Gasteiger partial charge in [-0.15, -0.1) is 0 Å². The Hall–Kier alpha value is -2.86. The summed E-state index contributed by atoms with van der Waals surface area (Å²) in [6, 6.07) is 9.86. The molecule has 6 nitrogen and oxygen atoms in total. The van der Waals surface area contributed by atoms with Gasteiger partial charge in [0.15, 0.2) is 6.10 Å². The Morgan fingerprint density at radius 2 is 1.76 bits per heavy atom. The van der Waals surface area contributed by atoms with Gasteiger partial charge in [0.1, 0.15) is 0 Å². The van der Waals surface area contributed by atoms with E-state index in [9.17, 15) is 9.59 Å². The molecule has 0 bridgehead atoms. The number of H-pyrrole nitrogens is 1. The van der Waals surface area contributed by atoms with Crippen LogP contribution in [0.4, 0.5) is 0 Å². The largest absolute Gasteiger partial charge is 0.467 e. The Kier molecular flexibility index (Phi) is 7.03. The molecule has 0 saturated heterocycles. The van der Waals surface area contributed by atoms with E-state index in [2.05, 4.69) is 4.98 Å². The topological polar surface area (TPSA) is 71.6 Å². The average Bonchev–Trinajstić information content (AvgIpc) is 3.09. The fourth-order valence-electron chi connectivity index (χ4n) is 3.11. The van der Waals surface area contributed by atoms with Gasteiger partial charge in [-0.25, -0.2) is 4.79 Å². The van der Waals surface area contributed by atoms with Crippen LogP contribution in [0.15, 0.2) is 42.2 Å². The molecule has 0 aliphatic heterocycles. The number of hydrogen-bond donors (Lipinski definition) is 1. The highest BCUT2D eigenvalue weighted by molar-refractivity contribution is 5.90. The lowest BCUT2D eigenvalue weighted by atomic mass is 9.92. The number of esters is 1. The van der Waals surface area contributed by atoms with Crippen molar-refractivity contribution >= 4 is 18.0 Å². The molecule has 1 aromatic carbocycles. The Morgan fingerprint density at radius 1 is 1.14 bits per heavy atom. The minimum Gasteiger partial charge on any atom is -0.467 e. The molecule has 0 saturated carbocycles. The lowest BCUT2D eigenvalue weighted by molar-refractivity contribution is -0.161. The fraction of sp³-hybridized carbons (Fsp3) is 0.391. The van der Waals surface area contributed by atoms with Gasteiger partial charge in [-0.05, 0) is 46.2 Å². The van der Waals surface area contributed by atoms with Crippen molar-refractivity contribution in [3.05, 3.63) is 64.6 Å². The van der Waals surface area contributed by atoms with Crippen molar-refractivity contribution in [3.8, 4) is 0 Å². The number of likely N-dealkylation sites (N-methyl/N-ethyl adjacent to an activating group) is 1. The molecule has 1 unspecified atom stereocenters. The maximum Gasteiger partial charge on any atom is 0.341 e. The summed E-state index contributed by atoms with van der Waals surface area (Å²) in [6.45, 7) is 9.52. The van der Waals surface area contributed by atoms with E-state index in [-0.39, 0.29) is 0 Å². The number of nitrogens with one attached hydrogen (secondary N) is 1. The highest BCUT2D eigenvalue weighted by Crippen LogP contribution is 2.34. The second-order valence-corrected chi connectivity index (χ2v) is 7.99. The summed E-state index contributed by atoms with van der Waals surface area (Å²) in [5.41, 5.74) is 4.29. The molecule has 0 fully saturated rings. The van der Waals surface area contributed by atoms with E-state index in [1.165, 1.54) is 12.0 Å². The maximum absolute atomic E-state index is 12.8. The Balaban J connectivity index is 2.89. The predicted molar refractivity (Wildman–Crippen MR) is 113 cm³/mol. The minimum absolute atomic E-state index is 0.424. The molecule has 2 rings (SSSR count). The van der Waals surface area contributed by atoms with E-state index in [1.54, 1.807) is 7.05 Å². The van der Waals surface area contributed by atoms with Crippen molar-refractivity contribution in [3.63, 3.8) is 0 Å². The van der Waals surface area contributed by atoms with E-state index >= 15 is 0 Å². The molecule has 0 spiro atoms. The zero-order chi connectivity index (χ0) is 21.8. The van der Waals surface area contributed by atoms with Crippen LogP contribution in [-0.2, 0) is 19.1 Å². The van der Waals surface area contributed by atoms with Gasteiger partial charge in [0.2, 0.25) is 6.41 Å². The summed E-state index contributed by atoms with van der Waals surface area (Å²) in [4.78, 5) is 29.2. The van der Waals surface area contributed by atoms with Crippen molar-refractivity contribution < 1.29 is 19.1 Å². The number of methoxy groups -OCH3 is 1. The molecule has 1 heterocycles. The van der Waals surface area contributed by atoms with Crippen molar-refractivity contribution in [1.82, 2.24) is 9.88 Å². The van der Waals surface area contributed by atoms with Crippen LogP contribution in [-0.4, -0.2) is 48.1 Å². The summed E-state index contributed by atoms with van der Waals surface area (Å²) < 4.78 is 11.1. The summed E-state index contributed by atoms with van der Waals surface area (Å²) in [5, 5.41) is 0. The average molecular weight is 399 g/mol. The van der Waals surface area contributed by atoms with Gasteiger partial charge in [-0.2, -0.15) is 0 Å². The second-order valence-electron chi connectivity index (χ2n) is 7.99. The fourth-order valence-corrected chi connectivity index (χ4v) is 3.11. The molecule has 0 radical (unpaired) electrons. The number of aromatic nitrogens is 1. The molecule has 6 heteroatoms. The van der Waals surface area contributed by atoms with Gasteiger partial charge in [0.25, 0.3) is 0 Å². The van der Waals surface area contributed by atoms with Crippen LogP contribution in [0, 0.1) is 13.8 Å². The van der Waals surface area contributed by atoms with Crippen molar-refractivity contribution in [2.24, 2.45) is 0 Å². The molecule has 1 amide bonds. The van der Waals surface area contributed by atoms with Gasteiger partial charge in [0.05, 0.1) is 18.4 Å². The third kappa shape index (κ3) is 5.35. The highest BCUT2D eigenvalue weighted by atomic mass is 16.6. The first-order valence-corrected chi connectivity index (χ1v) is 9.48. The highest BCUT2D eigenvalue weighted by Gasteiger charge is 2.35. The quantitative estimate of drug-likeness (QED) is 0.568. The number of rotatable bonds is 7. The standard InChI is InChI=1S/C23H30N2O4/c1-15-8-10-17(11-9-15)19(18-12-13-24-16(18)2)20(25(6)14-26)21(22(27)28-7)29-23(3,4)5/h8-14,21,24H,1-7H3/b20-19-. The molecule has 1 aromatic heterocycles. The van der Waals surface area contributed by atoms with Crippen LogP contribution in [0.25, 0.3) is 5.57 Å². The van der Waals surface area contributed by atoms with Gasteiger partial charge in [-0.1, -0.05) is 29.8 Å². The van der Waals surface area contributed by atoms with E-state index in [0.717, 1.165) is 28.0 Å². The molecule has 156 valence electrons. The molecular formula is C23H30N2O4. The maximum atomic E-state index is 12.8. The molecule has 29 heavy (non-hydrogen) atoms. The monoisotopic (exact) mass is 398 g/mol. The first kappa shape index (κ1) is 22.4. The number of carbonyl (C=O) groups is 2. The second kappa shape index (κ2) is 9.09. The molecule has 0 aliphatic rings. The number of ether oxygens (including phenoxy) is 2. The summed E-state index contributed by atoms with van der Waals surface area (Å²) in [7, 11) is 2.92. The molecule has 0 aliphatic carbocycles. The van der Waals surface area contributed by atoms with E-state index in [0.29, 0.717) is 12.1 Å². The number of hydrogen-bond acceptors (Lipinski definition) is 4. The van der Waals surface area contributed by atoms with Crippen LogP contribution in [0.5, 0.6) is 0 Å². The Morgan fingerprint density at radius 3 is 2.21 bits per heavy atom. The lowest BCUT2D eigenvalue weighted by Crippen LogP contribution is -2.40. The summed E-state index contributed by atoms with van der Waals surface area (Å²) in [6.07, 6.45) is 1.42. The van der Waals surface area contributed by atoms with Crippen LogP contribution in [0.2, 0.25) is 0 Å². The minimum atomic E-state index is -1.08. The Bertz CT molecular complexity index is 888. The molecule has 2 aromatic rings. The number of aromatic amines is 1.